The molecule has 16 heavy (non-hydrogen) atoms. The molecular formula is C13H19ClFN. The van der Waals surface area contributed by atoms with Gasteiger partial charge in [-0.2, -0.15) is 0 Å². The second kappa shape index (κ2) is 6.21. The molecule has 0 aliphatic carbocycles. The summed E-state index contributed by atoms with van der Waals surface area (Å²) in [5.74, 6) is -0.278. The van der Waals surface area contributed by atoms with Crippen LogP contribution in [-0.2, 0) is 12.8 Å². The average molecular weight is 244 g/mol. The van der Waals surface area contributed by atoms with E-state index in [1.54, 1.807) is 6.07 Å². The number of hydrogen-bond donors (Lipinski definition) is 1. The molecule has 0 spiro atoms. The van der Waals surface area contributed by atoms with Gasteiger partial charge in [0, 0.05) is 6.04 Å². The molecule has 0 aliphatic heterocycles. The van der Waals surface area contributed by atoms with Crippen molar-refractivity contribution in [1.82, 2.24) is 0 Å². The third kappa shape index (κ3) is 3.76. The van der Waals surface area contributed by atoms with E-state index in [-0.39, 0.29) is 16.9 Å². The largest absolute Gasteiger partial charge is 0.328 e. The first-order valence-electron chi connectivity index (χ1n) is 5.77. The summed E-state index contributed by atoms with van der Waals surface area (Å²) < 4.78 is 13.5. The predicted molar refractivity (Wildman–Crippen MR) is 67.4 cm³/mol. The lowest BCUT2D eigenvalue weighted by Gasteiger charge is -2.08. The van der Waals surface area contributed by atoms with E-state index in [4.69, 9.17) is 17.3 Å². The molecule has 0 unspecified atom stereocenters. The third-order valence-corrected chi connectivity index (χ3v) is 2.94. The maximum atomic E-state index is 13.5. The van der Waals surface area contributed by atoms with E-state index in [0.29, 0.717) is 12.0 Å². The fourth-order valence-corrected chi connectivity index (χ4v) is 2.00. The van der Waals surface area contributed by atoms with Crippen molar-refractivity contribution in [3.63, 3.8) is 0 Å². The highest BCUT2D eigenvalue weighted by atomic mass is 35.5. The summed E-state index contributed by atoms with van der Waals surface area (Å²) in [4.78, 5) is 0. The van der Waals surface area contributed by atoms with Gasteiger partial charge in [0.2, 0.25) is 0 Å². The summed E-state index contributed by atoms with van der Waals surface area (Å²) in [5.41, 5.74) is 7.48. The number of nitrogens with two attached hydrogens (primary N) is 1. The first kappa shape index (κ1) is 13.5. The van der Waals surface area contributed by atoms with Crippen molar-refractivity contribution < 1.29 is 4.39 Å². The monoisotopic (exact) mass is 243 g/mol. The van der Waals surface area contributed by atoms with Gasteiger partial charge in [-0.3, -0.25) is 0 Å². The predicted octanol–water partition coefficient (Wildman–Crippen LogP) is 3.71. The van der Waals surface area contributed by atoms with Crippen molar-refractivity contribution >= 4 is 11.6 Å². The molecule has 0 saturated heterocycles. The molecule has 0 aliphatic rings. The van der Waals surface area contributed by atoms with Crippen LogP contribution in [0, 0.1) is 5.82 Å². The molecule has 0 aromatic heterocycles. The Bertz CT molecular complexity index is 350. The van der Waals surface area contributed by atoms with Gasteiger partial charge in [0.1, 0.15) is 5.82 Å². The third-order valence-electron chi connectivity index (χ3n) is 2.67. The number of halogens is 2. The van der Waals surface area contributed by atoms with E-state index in [9.17, 15) is 4.39 Å². The Morgan fingerprint density at radius 2 is 2.12 bits per heavy atom. The van der Waals surface area contributed by atoms with Gasteiger partial charge in [-0.05, 0) is 49.8 Å². The number of rotatable bonds is 5. The van der Waals surface area contributed by atoms with Crippen molar-refractivity contribution in [2.45, 2.75) is 45.6 Å². The lowest BCUT2D eigenvalue weighted by molar-refractivity contribution is 0.606. The minimum atomic E-state index is -0.278. The van der Waals surface area contributed by atoms with Crippen LogP contribution >= 0.6 is 11.6 Å². The van der Waals surface area contributed by atoms with Gasteiger partial charge in [0.25, 0.3) is 0 Å². The first-order chi connectivity index (χ1) is 7.54. The van der Waals surface area contributed by atoms with Gasteiger partial charge in [0.15, 0.2) is 0 Å². The van der Waals surface area contributed by atoms with Crippen LogP contribution in [0.3, 0.4) is 0 Å². The molecule has 1 aromatic carbocycles. The van der Waals surface area contributed by atoms with E-state index in [2.05, 4.69) is 0 Å². The minimum absolute atomic E-state index is 0.224. The van der Waals surface area contributed by atoms with E-state index in [0.717, 1.165) is 24.8 Å². The Kier molecular flexibility index (Phi) is 5.23. The van der Waals surface area contributed by atoms with Crippen LogP contribution in [0.4, 0.5) is 4.39 Å². The second-order valence-corrected chi connectivity index (χ2v) is 4.68. The summed E-state index contributed by atoms with van der Waals surface area (Å²) in [7, 11) is 0. The van der Waals surface area contributed by atoms with Crippen molar-refractivity contribution in [2.75, 3.05) is 0 Å². The molecule has 2 N–H and O–H groups in total. The summed E-state index contributed by atoms with van der Waals surface area (Å²) in [5, 5.41) is 0.232. The molecule has 90 valence electrons. The van der Waals surface area contributed by atoms with Crippen LogP contribution < -0.4 is 5.73 Å². The molecule has 0 fully saturated rings. The van der Waals surface area contributed by atoms with Crippen LogP contribution in [0.25, 0.3) is 0 Å². The molecule has 0 radical (unpaired) electrons. The molecular weight excluding hydrogens is 225 g/mol. The zero-order valence-electron chi connectivity index (χ0n) is 9.89. The number of hydrogen-bond acceptors (Lipinski definition) is 1. The maximum Gasteiger partial charge on any atom is 0.144 e. The van der Waals surface area contributed by atoms with Gasteiger partial charge < -0.3 is 5.73 Å². The van der Waals surface area contributed by atoms with Crippen molar-refractivity contribution in [3.05, 3.63) is 34.1 Å². The van der Waals surface area contributed by atoms with E-state index < -0.39 is 0 Å². The van der Waals surface area contributed by atoms with Crippen LogP contribution in [-0.4, -0.2) is 6.04 Å². The van der Waals surface area contributed by atoms with Crippen molar-refractivity contribution in [3.8, 4) is 0 Å². The first-order valence-corrected chi connectivity index (χ1v) is 6.14. The van der Waals surface area contributed by atoms with Crippen molar-refractivity contribution in [1.29, 1.82) is 0 Å². The van der Waals surface area contributed by atoms with Crippen LogP contribution in [0.5, 0.6) is 0 Å². The van der Waals surface area contributed by atoms with Gasteiger partial charge in [-0.25, -0.2) is 4.39 Å². The smallest absolute Gasteiger partial charge is 0.144 e. The zero-order valence-corrected chi connectivity index (χ0v) is 10.6. The van der Waals surface area contributed by atoms with Crippen LogP contribution in [0.2, 0.25) is 5.02 Å². The van der Waals surface area contributed by atoms with E-state index >= 15 is 0 Å². The molecule has 0 amide bonds. The highest BCUT2D eigenvalue weighted by Crippen LogP contribution is 2.22. The standard InChI is InChI=1S/C13H19ClFN/c1-3-11-7-10(6-4-5-9(2)16)8-12(14)13(11)15/h7-9H,3-6,16H2,1-2H3/t9-/m0/s1. The Morgan fingerprint density at radius 1 is 1.44 bits per heavy atom. The molecule has 1 atom stereocenters. The summed E-state index contributed by atoms with van der Waals surface area (Å²) >= 11 is 5.84. The normalized spacial score (nSPS) is 12.8. The van der Waals surface area contributed by atoms with Gasteiger partial charge in [-0.1, -0.05) is 24.6 Å². The topological polar surface area (TPSA) is 26.0 Å². The lowest BCUT2D eigenvalue weighted by Crippen LogP contribution is -2.14. The van der Waals surface area contributed by atoms with Crippen LogP contribution in [0.15, 0.2) is 12.1 Å². The van der Waals surface area contributed by atoms with Gasteiger partial charge >= 0.3 is 0 Å². The van der Waals surface area contributed by atoms with Crippen LogP contribution in [0.1, 0.15) is 37.8 Å². The summed E-state index contributed by atoms with van der Waals surface area (Å²) in [6.45, 7) is 3.93. The van der Waals surface area contributed by atoms with Gasteiger partial charge in [0.05, 0.1) is 5.02 Å². The van der Waals surface area contributed by atoms with E-state index in [1.165, 1.54) is 0 Å². The summed E-state index contributed by atoms with van der Waals surface area (Å²) in [6, 6.07) is 3.85. The number of aryl methyl sites for hydroxylation is 2. The Morgan fingerprint density at radius 3 is 2.69 bits per heavy atom. The second-order valence-electron chi connectivity index (χ2n) is 4.27. The number of benzene rings is 1. The SMILES string of the molecule is CCc1cc(CCC[C@H](C)N)cc(Cl)c1F. The summed E-state index contributed by atoms with van der Waals surface area (Å²) in [6.07, 6.45) is 3.58. The lowest BCUT2D eigenvalue weighted by atomic mass is 10.0. The molecule has 1 rings (SSSR count). The maximum absolute atomic E-state index is 13.5. The van der Waals surface area contributed by atoms with Gasteiger partial charge in [-0.15, -0.1) is 0 Å². The molecule has 3 heteroatoms. The Hall–Kier alpha value is -0.600. The molecule has 0 bridgehead atoms. The molecule has 1 nitrogen and oxygen atoms in total. The quantitative estimate of drug-likeness (QED) is 0.838. The highest BCUT2D eigenvalue weighted by Gasteiger charge is 2.08. The fraction of sp³-hybridized carbons (Fsp3) is 0.538. The van der Waals surface area contributed by atoms with Crippen molar-refractivity contribution in [2.24, 2.45) is 5.73 Å². The Balaban J connectivity index is 2.70. The average Bonchev–Trinajstić information content (AvgIpc) is 2.22. The van der Waals surface area contributed by atoms with E-state index in [1.807, 2.05) is 19.9 Å². The zero-order chi connectivity index (χ0) is 12.1. The highest BCUT2D eigenvalue weighted by molar-refractivity contribution is 6.30. The molecule has 0 heterocycles. The fourth-order valence-electron chi connectivity index (χ4n) is 1.74. The minimum Gasteiger partial charge on any atom is -0.328 e. The Labute approximate surface area is 102 Å². The molecule has 0 saturated carbocycles. The molecule has 1 aromatic rings.